The molecule has 0 radical (unpaired) electrons. The normalized spacial score (nSPS) is 27.1. The average Bonchev–Trinajstić information content (AvgIpc) is 3.44. The van der Waals surface area contributed by atoms with E-state index < -0.39 is 30.4 Å². The van der Waals surface area contributed by atoms with Gasteiger partial charge in [0.1, 0.15) is 6.04 Å². The highest BCUT2D eigenvalue weighted by Crippen LogP contribution is 2.56. The number of likely N-dealkylation sites (tertiary alicyclic amines) is 1. The fourth-order valence-corrected chi connectivity index (χ4v) is 5.14. The van der Waals surface area contributed by atoms with Gasteiger partial charge in [0, 0.05) is 10.6 Å². The zero-order chi connectivity index (χ0) is 22.3. The van der Waals surface area contributed by atoms with Crippen LogP contribution in [0.1, 0.15) is 36.5 Å². The molecule has 1 aromatic rings. The third kappa shape index (κ3) is 3.89. The Morgan fingerprint density at radius 1 is 1.06 bits per heavy atom. The largest absolute Gasteiger partial charge is 0.454 e. The summed E-state index contributed by atoms with van der Waals surface area (Å²) in [5.74, 6) is -3.04. The van der Waals surface area contributed by atoms with Crippen LogP contribution in [0.4, 0.5) is 0 Å². The number of imide groups is 1. The van der Waals surface area contributed by atoms with Gasteiger partial charge in [-0.3, -0.25) is 34.9 Å². The van der Waals surface area contributed by atoms with Crippen molar-refractivity contribution in [2.45, 2.75) is 32.2 Å². The lowest BCUT2D eigenvalue weighted by molar-refractivity contribution is -0.160. The molecule has 3 fully saturated rings. The number of esters is 1. The van der Waals surface area contributed by atoms with Crippen LogP contribution in [-0.4, -0.2) is 47.1 Å². The van der Waals surface area contributed by atoms with Gasteiger partial charge in [0.25, 0.3) is 11.8 Å². The second-order valence-electron chi connectivity index (χ2n) is 8.22. The van der Waals surface area contributed by atoms with E-state index in [4.69, 9.17) is 16.3 Å². The number of halogens is 1. The molecule has 1 saturated heterocycles. The molecular weight excluding hydrogens is 426 g/mol. The maximum Gasteiger partial charge on any atom is 0.329 e. The number of fused-ring (bicyclic) bond motifs is 5. The highest BCUT2D eigenvalue weighted by Gasteiger charge is 2.62. The molecule has 1 aliphatic heterocycles. The molecule has 0 aromatic heterocycles. The molecule has 2 N–H and O–H groups in total. The molecular formula is C21H22ClN3O6. The van der Waals surface area contributed by atoms with E-state index in [0.717, 1.165) is 24.2 Å². The van der Waals surface area contributed by atoms with Crippen LogP contribution < -0.4 is 10.9 Å². The molecule has 3 aliphatic rings. The van der Waals surface area contributed by atoms with Crippen LogP contribution in [0.3, 0.4) is 0 Å². The zero-order valence-electron chi connectivity index (χ0n) is 16.8. The number of benzene rings is 1. The summed E-state index contributed by atoms with van der Waals surface area (Å²) in [4.78, 5) is 62.7. The predicted molar refractivity (Wildman–Crippen MR) is 107 cm³/mol. The first-order valence-corrected chi connectivity index (χ1v) is 10.5. The maximum absolute atomic E-state index is 12.8. The van der Waals surface area contributed by atoms with Gasteiger partial charge in [-0.2, -0.15) is 0 Å². The van der Waals surface area contributed by atoms with E-state index >= 15 is 0 Å². The predicted octanol–water partition coefficient (Wildman–Crippen LogP) is 1.06. The lowest BCUT2D eigenvalue weighted by atomic mass is 9.81. The van der Waals surface area contributed by atoms with Gasteiger partial charge < -0.3 is 4.74 Å². The van der Waals surface area contributed by atoms with Gasteiger partial charge >= 0.3 is 5.97 Å². The van der Waals surface area contributed by atoms with E-state index in [1.165, 1.54) is 31.2 Å². The molecule has 2 saturated carbocycles. The van der Waals surface area contributed by atoms with Crippen molar-refractivity contribution in [3.63, 3.8) is 0 Å². The molecule has 9 nitrogen and oxygen atoms in total. The maximum atomic E-state index is 12.8. The first-order valence-electron chi connectivity index (χ1n) is 10.2. The van der Waals surface area contributed by atoms with Gasteiger partial charge in [0.05, 0.1) is 11.8 Å². The van der Waals surface area contributed by atoms with E-state index in [-0.39, 0.29) is 41.0 Å². The van der Waals surface area contributed by atoms with Gasteiger partial charge in [-0.05, 0) is 62.3 Å². The van der Waals surface area contributed by atoms with Gasteiger partial charge in [-0.25, -0.2) is 4.79 Å². The summed E-state index contributed by atoms with van der Waals surface area (Å²) in [6, 6.07) is 4.92. The van der Waals surface area contributed by atoms with Crippen LogP contribution in [0.15, 0.2) is 24.3 Å². The molecule has 1 aromatic carbocycles. The number of carbonyl (C=O) groups excluding carboxylic acids is 5. The van der Waals surface area contributed by atoms with Crippen molar-refractivity contribution in [2.75, 3.05) is 6.61 Å². The second-order valence-corrected chi connectivity index (χ2v) is 8.66. The minimum atomic E-state index is -1.11. The number of hydrazine groups is 1. The Balaban J connectivity index is 1.26. The summed E-state index contributed by atoms with van der Waals surface area (Å²) in [6.45, 7) is 0.750. The molecule has 5 atom stereocenters. The second kappa shape index (κ2) is 8.30. The first kappa shape index (κ1) is 21.3. The molecule has 1 heterocycles. The van der Waals surface area contributed by atoms with Crippen LogP contribution in [0, 0.1) is 23.7 Å². The summed E-state index contributed by atoms with van der Waals surface area (Å²) in [6.07, 6.45) is 2.79. The smallest absolute Gasteiger partial charge is 0.329 e. The number of amides is 4. The summed E-state index contributed by atoms with van der Waals surface area (Å²) in [5, 5.41) is 0.466. The molecule has 0 unspecified atom stereocenters. The van der Waals surface area contributed by atoms with Gasteiger partial charge in [0.2, 0.25) is 11.8 Å². The number of nitrogens with zero attached hydrogens (tertiary/aromatic N) is 1. The molecule has 2 bridgehead atoms. The number of carbonyl (C=O) groups is 5. The van der Waals surface area contributed by atoms with E-state index in [9.17, 15) is 24.0 Å². The standard InChI is InChI=1S/C21H22ClN3O6/c1-10(25-19(28)16-12-2-3-13(8-12)17(16)20(25)29)21(30)31-9-15(26)23-24-18(27)11-4-6-14(22)7-5-11/h4-7,10,12-13,16-17H,2-3,8-9H2,1H3,(H,23,26)(H,24,27)/t10-,12+,13+,16-,17-/m1/s1. The Hall–Kier alpha value is -2.94. The minimum Gasteiger partial charge on any atom is -0.454 e. The number of rotatable bonds is 5. The van der Waals surface area contributed by atoms with Crippen LogP contribution >= 0.6 is 11.6 Å². The fourth-order valence-electron chi connectivity index (χ4n) is 5.01. The first-order chi connectivity index (χ1) is 14.8. The molecule has 0 spiro atoms. The van der Waals surface area contributed by atoms with E-state index in [0.29, 0.717) is 5.02 Å². The van der Waals surface area contributed by atoms with Gasteiger partial charge in [0.15, 0.2) is 6.61 Å². The fraction of sp³-hybridized carbons (Fsp3) is 0.476. The summed E-state index contributed by atoms with van der Waals surface area (Å²) < 4.78 is 4.95. The summed E-state index contributed by atoms with van der Waals surface area (Å²) >= 11 is 5.75. The number of ether oxygens (including phenoxy) is 1. The summed E-state index contributed by atoms with van der Waals surface area (Å²) in [7, 11) is 0. The molecule has 2 aliphatic carbocycles. The zero-order valence-corrected chi connectivity index (χ0v) is 17.6. The van der Waals surface area contributed by atoms with Crippen molar-refractivity contribution in [3.05, 3.63) is 34.9 Å². The van der Waals surface area contributed by atoms with Crippen LogP contribution in [-0.2, 0) is 23.9 Å². The third-order valence-electron chi connectivity index (χ3n) is 6.46. The van der Waals surface area contributed by atoms with E-state index in [1.807, 2.05) is 0 Å². The van der Waals surface area contributed by atoms with Gasteiger partial charge in [-0.1, -0.05) is 11.6 Å². The number of hydrogen-bond donors (Lipinski definition) is 2. The van der Waals surface area contributed by atoms with Crippen molar-refractivity contribution >= 4 is 41.2 Å². The number of nitrogens with one attached hydrogen (secondary N) is 2. The monoisotopic (exact) mass is 447 g/mol. The Morgan fingerprint density at radius 3 is 2.23 bits per heavy atom. The topological polar surface area (TPSA) is 122 Å². The summed E-state index contributed by atoms with van der Waals surface area (Å²) in [5.41, 5.74) is 4.60. The average molecular weight is 448 g/mol. The molecule has 4 amide bonds. The van der Waals surface area contributed by atoms with Crippen molar-refractivity contribution < 1.29 is 28.7 Å². The molecule has 10 heteroatoms. The Kier molecular flexibility index (Phi) is 5.70. The third-order valence-corrected chi connectivity index (χ3v) is 6.71. The van der Waals surface area contributed by atoms with Crippen LogP contribution in [0.5, 0.6) is 0 Å². The van der Waals surface area contributed by atoms with Crippen molar-refractivity contribution in [1.82, 2.24) is 15.8 Å². The SMILES string of the molecule is C[C@H](C(=O)OCC(=O)NNC(=O)c1ccc(Cl)cc1)N1C(=O)[C@@H]2[C@H]3CC[C@@H](C3)[C@H]2C1=O. The lowest BCUT2D eigenvalue weighted by Gasteiger charge is -2.23. The van der Waals surface area contributed by atoms with Crippen molar-refractivity contribution in [2.24, 2.45) is 23.7 Å². The quantitative estimate of drug-likeness (QED) is 0.395. The highest BCUT2D eigenvalue weighted by atomic mass is 35.5. The van der Waals surface area contributed by atoms with E-state index in [1.54, 1.807) is 0 Å². The van der Waals surface area contributed by atoms with Crippen LogP contribution in [0.25, 0.3) is 0 Å². The Bertz CT molecular complexity index is 921. The van der Waals surface area contributed by atoms with Gasteiger partial charge in [-0.15, -0.1) is 0 Å². The van der Waals surface area contributed by atoms with Crippen LogP contribution in [0.2, 0.25) is 5.02 Å². The van der Waals surface area contributed by atoms with E-state index in [2.05, 4.69) is 10.9 Å². The number of hydrogen-bond acceptors (Lipinski definition) is 6. The van der Waals surface area contributed by atoms with Crippen molar-refractivity contribution in [1.29, 1.82) is 0 Å². The Morgan fingerprint density at radius 2 is 1.65 bits per heavy atom. The molecule has 164 valence electrons. The molecule has 31 heavy (non-hydrogen) atoms. The lowest BCUT2D eigenvalue weighted by Crippen LogP contribution is -2.47. The van der Waals surface area contributed by atoms with Crippen molar-refractivity contribution in [3.8, 4) is 0 Å². The molecule has 4 rings (SSSR count). The Labute approximate surface area is 183 Å². The highest BCUT2D eigenvalue weighted by molar-refractivity contribution is 6.30. The minimum absolute atomic E-state index is 0.217.